The van der Waals surface area contributed by atoms with Gasteiger partial charge in [0, 0.05) is 36.0 Å². The van der Waals surface area contributed by atoms with Crippen LogP contribution in [-0.2, 0) is 19.2 Å². The molecule has 0 fully saturated rings. The molecule has 1 heterocycles. The average Bonchev–Trinajstić information content (AvgIpc) is 2.76. The minimum Gasteiger partial charge on any atom is -0.342 e. The highest BCUT2D eigenvalue weighted by molar-refractivity contribution is 7.99. The number of nitrogens with zero attached hydrogens (tertiary/aromatic N) is 2. The summed E-state index contributed by atoms with van der Waals surface area (Å²) < 4.78 is 64.8. The van der Waals surface area contributed by atoms with Crippen molar-refractivity contribution in [3.63, 3.8) is 0 Å². The van der Waals surface area contributed by atoms with Crippen LogP contribution in [0.25, 0.3) is 10.8 Å². The third kappa shape index (κ3) is 5.05. The summed E-state index contributed by atoms with van der Waals surface area (Å²) in [5.74, 6) is -2.15. The molecule has 0 aromatic heterocycles. The number of amides is 3. The number of carbonyl (C=O) groups excluding carboxylic acids is 3. The molecule has 3 amide bonds. The second-order valence-corrected chi connectivity index (χ2v) is 10.1. The molecule has 1 aliphatic heterocycles. The van der Waals surface area contributed by atoms with Crippen LogP contribution in [0.1, 0.15) is 47.4 Å². The molecule has 2 aromatic rings. The average molecular weight is 519 g/mol. The van der Waals surface area contributed by atoms with E-state index in [2.05, 4.69) is 4.28 Å². The van der Waals surface area contributed by atoms with Crippen LogP contribution in [0.3, 0.4) is 0 Å². The monoisotopic (exact) mass is 518 g/mol. The Morgan fingerprint density at radius 1 is 1.09 bits per heavy atom. The molecule has 0 unspecified atom stereocenters. The number of rotatable bonds is 9. The van der Waals surface area contributed by atoms with Crippen LogP contribution in [0, 0.1) is 0 Å². The topological polar surface area (TPSA) is 101 Å². The van der Waals surface area contributed by atoms with Gasteiger partial charge in [-0.25, -0.2) is 0 Å². The summed E-state index contributed by atoms with van der Waals surface area (Å²) in [7, 11) is -6.23. The summed E-state index contributed by atoms with van der Waals surface area (Å²) in [5.41, 5.74) is -6.15. The van der Waals surface area contributed by atoms with E-state index in [1.165, 1.54) is 36.9 Å². The number of thioether (sulfide) groups is 1. The first-order valence-electron chi connectivity index (χ1n) is 10.2. The van der Waals surface area contributed by atoms with Crippen LogP contribution in [0.4, 0.5) is 13.2 Å². The molecular formula is C21H21F3N2O6S2. The summed E-state index contributed by atoms with van der Waals surface area (Å²) >= 11 is 1.39. The van der Waals surface area contributed by atoms with Crippen LogP contribution in [0.15, 0.2) is 35.2 Å². The van der Waals surface area contributed by atoms with E-state index in [-0.39, 0.29) is 27.5 Å². The van der Waals surface area contributed by atoms with Crippen molar-refractivity contribution in [1.82, 2.24) is 9.96 Å². The Morgan fingerprint density at radius 3 is 2.32 bits per heavy atom. The Hall–Kier alpha value is -2.64. The summed E-state index contributed by atoms with van der Waals surface area (Å²) in [5, 5.41) is 0.315. The summed E-state index contributed by atoms with van der Waals surface area (Å²) in [6.45, 7) is 4.64. The van der Waals surface area contributed by atoms with Crippen molar-refractivity contribution >= 4 is 50.4 Å². The molecule has 13 heteroatoms. The molecule has 0 saturated heterocycles. The lowest BCUT2D eigenvalue weighted by molar-refractivity contribution is -0.128. The smallest absolute Gasteiger partial charge is 0.342 e. The van der Waals surface area contributed by atoms with Gasteiger partial charge in [-0.3, -0.25) is 14.4 Å². The number of halogens is 3. The summed E-state index contributed by atoms with van der Waals surface area (Å²) in [6, 6.07) is 7.25. The van der Waals surface area contributed by atoms with Crippen LogP contribution in [0.5, 0.6) is 0 Å². The fraction of sp³-hybridized carbons (Fsp3) is 0.381. The zero-order chi connectivity index (χ0) is 25.3. The van der Waals surface area contributed by atoms with Crippen LogP contribution in [-0.4, -0.2) is 60.5 Å². The first kappa shape index (κ1) is 26.0. The Bertz CT molecular complexity index is 1220. The number of carbonyl (C=O) groups is 3. The molecule has 1 aliphatic rings. The van der Waals surface area contributed by atoms with E-state index in [1.54, 1.807) is 17.0 Å². The molecule has 0 atom stereocenters. The summed E-state index contributed by atoms with van der Waals surface area (Å²) in [6.07, 6.45) is 1.82. The van der Waals surface area contributed by atoms with E-state index >= 15 is 0 Å². The highest BCUT2D eigenvalue weighted by Gasteiger charge is 2.51. The highest BCUT2D eigenvalue weighted by Crippen LogP contribution is 2.37. The number of unbranched alkanes of at least 4 members (excludes halogenated alkanes) is 1. The molecule has 184 valence electrons. The van der Waals surface area contributed by atoms with Gasteiger partial charge in [0.2, 0.25) is 5.91 Å². The predicted octanol–water partition coefficient (Wildman–Crippen LogP) is 3.96. The number of hydroxylamine groups is 2. The van der Waals surface area contributed by atoms with Crippen molar-refractivity contribution in [2.24, 2.45) is 0 Å². The third-order valence-corrected chi connectivity index (χ3v) is 7.10. The van der Waals surface area contributed by atoms with Gasteiger partial charge in [-0.1, -0.05) is 25.5 Å². The fourth-order valence-corrected chi connectivity index (χ4v) is 4.86. The van der Waals surface area contributed by atoms with E-state index in [9.17, 15) is 36.0 Å². The lowest BCUT2D eigenvalue weighted by Gasteiger charge is -2.26. The second-order valence-electron chi connectivity index (χ2n) is 7.43. The molecule has 0 bridgehead atoms. The van der Waals surface area contributed by atoms with Crippen molar-refractivity contribution < 1.29 is 40.3 Å². The van der Waals surface area contributed by atoms with Gasteiger partial charge in [-0.05, 0) is 30.0 Å². The SMILES string of the molecule is CCCCN(CCSc1ccc2c3c(cccc13)C(=O)N(OS(=O)(=O)C(F)(F)F)C2=O)C(C)=O. The van der Waals surface area contributed by atoms with Gasteiger partial charge in [0.15, 0.2) is 0 Å². The van der Waals surface area contributed by atoms with E-state index in [0.29, 0.717) is 29.1 Å². The van der Waals surface area contributed by atoms with Crippen molar-refractivity contribution in [1.29, 1.82) is 0 Å². The maximum atomic E-state index is 12.7. The van der Waals surface area contributed by atoms with Crippen molar-refractivity contribution in [3.8, 4) is 0 Å². The molecule has 3 rings (SSSR count). The van der Waals surface area contributed by atoms with Gasteiger partial charge in [0.05, 0.1) is 11.1 Å². The zero-order valence-electron chi connectivity index (χ0n) is 18.2. The van der Waals surface area contributed by atoms with Crippen molar-refractivity contribution in [2.45, 2.75) is 37.1 Å². The molecule has 0 aliphatic carbocycles. The highest BCUT2D eigenvalue weighted by atomic mass is 32.2. The van der Waals surface area contributed by atoms with Gasteiger partial charge < -0.3 is 4.90 Å². The number of benzene rings is 2. The maximum absolute atomic E-state index is 12.7. The molecule has 0 spiro atoms. The van der Waals surface area contributed by atoms with Gasteiger partial charge in [-0.2, -0.15) is 21.6 Å². The standard InChI is InChI=1S/C21H21F3N2O6S2/c1-3-4-10-25(13(2)27)11-12-33-17-9-8-16-18-14(17)6-5-7-15(18)19(28)26(20(16)29)32-34(30,31)21(22,23)24/h5-9H,3-4,10-12H2,1-2H3. The lowest BCUT2D eigenvalue weighted by Crippen LogP contribution is -2.44. The van der Waals surface area contributed by atoms with E-state index in [4.69, 9.17) is 0 Å². The fourth-order valence-electron chi connectivity index (χ4n) is 3.42. The molecule has 0 radical (unpaired) electrons. The van der Waals surface area contributed by atoms with E-state index < -0.39 is 27.4 Å². The minimum atomic E-state index is -6.23. The Morgan fingerprint density at radius 2 is 1.74 bits per heavy atom. The first-order chi connectivity index (χ1) is 15.9. The normalized spacial score (nSPS) is 14.1. The maximum Gasteiger partial charge on any atom is 0.525 e. The molecule has 0 saturated carbocycles. The Labute approximate surface area is 198 Å². The van der Waals surface area contributed by atoms with Gasteiger partial charge >= 0.3 is 15.6 Å². The largest absolute Gasteiger partial charge is 0.525 e. The van der Waals surface area contributed by atoms with Crippen molar-refractivity contribution in [3.05, 3.63) is 41.5 Å². The molecule has 8 nitrogen and oxygen atoms in total. The third-order valence-electron chi connectivity index (χ3n) is 5.13. The molecule has 34 heavy (non-hydrogen) atoms. The molecule has 2 aromatic carbocycles. The first-order valence-corrected chi connectivity index (χ1v) is 12.6. The zero-order valence-corrected chi connectivity index (χ0v) is 19.8. The molecule has 0 N–H and O–H groups in total. The quantitative estimate of drug-likeness (QED) is 0.281. The van der Waals surface area contributed by atoms with Crippen molar-refractivity contribution in [2.75, 3.05) is 18.8 Å². The van der Waals surface area contributed by atoms with Gasteiger partial charge in [-0.15, -0.1) is 21.1 Å². The van der Waals surface area contributed by atoms with E-state index in [1.807, 2.05) is 6.92 Å². The predicted molar refractivity (Wildman–Crippen MR) is 118 cm³/mol. The van der Waals surface area contributed by atoms with Gasteiger partial charge in [0.1, 0.15) is 0 Å². The number of hydrogen-bond donors (Lipinski definition) is 0. The van der Waals surface area contributed by atoms with Gasteiger partial charge in [0.25, 0.3) is 11.8 Å². The van der Waals surface area contributed by atoms with E-state index in [0.717, 1.165) is 12.8 Å². The van der Waals surface area contributed by atoms with Crippen LogP contribution < -0.4 is 0 Å². The minimum absolute atomic E-state index is 0.0453. The second kappa shape index (κ2) is 9.92. The number of alkyl halides is 3. The summed E-state index contributed by atoms with van der Waals surface area (Å²) in [4.78, 5) is 39.6. The molecular weight excluding hydrogens is 497 g/mol. The Kier molecular flexibility index (Phi) is 7.58. The van der Waals surface area contributed by atoms with Crippen LogP contribution >= 0.6 is 11.8 Å². The number of imide groups is 1. The number of hydrogen-bond acceptors (Lipinski definition) is 7. The Balaban J connectivity index is 1.90. The van der Waals surface area contributed by atoms with Crippen LogP contribution in [0.2, 0.25) is 0 Å². The lowest BCUT2D eigenvalue weighted by atomic mass is 9.95.